The molecule has 0 radical (unpaired) electrons. The van der Waals surface area contributed by atoms with Gasteiger partial charge in [0.15, 0.2) is 0 Å². The van der Waals surface area contributed by atoms with E-state index in [2.05, 4.69) is 5.32 Å². The molecule has 4 aromatic carbocycles. The van der Waals surface area contributed by atoms with E-state index in [0.29, 0.717) is 15.6 Å². The molecule has 1 aliphatic rings. The van der Waals surface area contributed by atoms with Crippen molar-refractivity contribution in [1.82, 2.24) is 10.2 Å². The molecular formula is C36H36Cl3N3O4S. The summed E-state index contributed by atoms with van der Waals surface area (Å²) in [4.78, 5) is 30.3. The molecule has 1 N–H and O–H groups in total. The normalized spacial score (nSPS) is 14.3. The molecule has 5 rings (SSSR count). The summed E-state index contributed by atoms with van der Waals surface area (Å²) in [6, 6.07) is 27.8. The SMILES string of the molecule is O=C(NC1CCCCC1)[C@@H](Cc1ccccc1)N(Cc1cccc(Cl)c1)C(=O)CN(c1ccc(Cl)cc1Cl)S(=O)(=O)c1ccccc1. The van der Waals surface area contributed by atoms with E-state index in [1.165, 1.54) is 35.2 Å². The Morgan fingerprint density at radius 2 is 1.40 bits per heavy atom. The zero-order chi connectivity index (χ0) is 33.4. The van der Waals surface area contributed by atoms with Crippen LogP contribution in [0.1, 0.15) is 43.2 Å². The molecule has 0 bridgehead atoms. The van der Waals surface area contributed by atoms with Gasteiger partial charge < -0.3 is 10.2 Å². The minimum absolute atomic E-state index is 0.000441. The van der Waals surface area contributed by atoms with E-state index >= 15 is 0 Å². The Hall–Kier alpha value is -3.56. The fourth-order valence-corrected chi connectivity index (χ4v) is 8.07. The molecule has 2 amide bonds. The second kappa shape index (κ2) is 16.0. The highest BCUT2D eigenvalue weighted by Crippen LogP contribution is 2.33. The van der Waals surface area contributed by atoms with Crippen LogP contribution in [-0.2, 0) is 32.6 Å². The zero-order valence-corrected chi connectivity index (χ0v) is 28.8. The maximum Gasteiger partial charge on any atom is 0.264 e. The molecule has 7 nitrogen and oxygen atoms in total. The number of carbonyl (C=O) groups excluding carboxylic acids is 2. The van der Waals surface area contributed by atoms with Crippen molar-refractivity contribution in [2.75, 3.05) is 10.8 Å². The first-order chi connectivity index (χ1) is 22.6. The summed E-state index contributed by atoms with van der Waals surface area (Å²) in [6.45, 7) is -0.607. The number of amides is 2. The molecule has 0 spiro atoms. The highest BCUT2D eigenvalue weighted by molar-refractivity contribution is 7.92. The Kier molecular flexibility index (Phi) is 11.9. The van der Waals surface area contributed by atoms with Gasteiger partial charge in [-0.15, -0.1) is 0 Å². The Bertz CT molecular complexity index is 1790. The number of halogens is 3. The molecule has 0 heterocycles. The van der Waals surface area contributed by atoms with Crippen molar-refractivity contribution >= 4 is 62.3 Å². The van der Waals surface area contributed by atoms with Gasteiger partial charge in [-0.05, 0) is 66.4 Å². The molecule has 0 unspecified atom stereocenters. The second-order valence-corrected chi connectivity index (χ2v) is 14.8. The smallest absolute Gasteiger partial charge is 0.264 e. The van der Waals surface area contributed by atoms with Gasteiger partial charge in [0.05, 0.1) is 15.6 Å². The van der Waals surface area contributed by atoms with Gasteiger partial charge in [-0.2, -0.15) is 0 Å². The first-order valence-corrected chi connectivity index (χ1v) is 18.1. The average molecular weight is 713 g/mol. The van der Waals surface area contributed by atoms with Crippen LogP contribution in [0.2, 0.25) is 15.1 Å². The summed E-state index contributed by atoms with van der Waals surface area (Å²) in [5, 5.41) is 4.05. The first kappa shape index (κ1) is 34.8. The van der Waals surface area contributed by atoms with Gasteiger partial charge in [0.25, 0.3) is 10.0 Å². The van der Waals surface area contributed by atoms with Crippen LogP contribution in [0, 0.1) is 0 Å². The Balaban J connectivity index is 1.58. The van der Waals surface area contributed by atoms with E-state index in [0.717, 1.165) is 42.0 Å². The standard InChI is InChI=1S/C36H36Cl3N3O4S/c37-28-14-10-13-27(21-28)24-41(34(22-26-11-4-1-5-12-26)36(44)40-30-15-6-2-7-16-30)35(43)25-42(33-20-19-29(38)23-32(33)39)47(45,46)31-17-8-3-9-18-31/h1,3-5,8-14,17-21,23,30,34H,2,6-7,15-16,22,24-25H2,(H,40,44)/t34-/m1/s1. The largest absolute Gasteiger partial charge is 0.352 e. The number of hydrogen-bond acceptors (Lipinski definition) is 4. The lowest BCUT2D eigenvalue weighted by atomic mass is 9.94. The predicted molar refractivity (Wildman–Crippen MR) is 188 cm³/mol. The second-order valence-electron chi connectivity index (χ2n) is 11.6. The maximum absolute atomic E-state index is 14.6. The molecule has 1 aliphatic carbocycles. The van der Waals surface area contributed by atoms with Crippen LogP contribution in [0.3, 0.4) is 0 Å². The Morgan fingerprint density at radius 3 is 2.06 bits per heavy atom. The third-order valence-electron chi connectivity index (χ3n) is 8.25. The molecule has 47 heavy (non-hydrogen) atoms. The van der Waals surface area contributed by atoms with Gasteiger partial charge in [-0.25, -0.2) is 8.42 Å². The molecule has 1 fully saturated rings. The van der Waals surface area contributed by atoms with E-state index in [4.69, 9.17) is 34.8 Å². The van der Waals surface area contributed by atoms with Crippen LogP contribution in [0.5, 0.6) is 0 Å². The third kappa shape index (κ3) is 9.08. The van der Waals surface area contributed by atoms with Crippen LogP contribution in [0.4, 0.5) is 5.69 Å². The quantitative estimate of drug-likeness (QED) is 0.162. The summed E-state index contributed by atoms with van der Waals surface area (Å²) in [7, 11) is -4.29. The van der Waals surface area contributed by atoms with Crippen molar-refractivity contribution in [1.29, 1.82) is 0 Å². The minimum Gasteiger partial charge on any atom is -0.352 e. The van der Waals surface area contributed by atoms with Crippen LogP contribution < -0.4 is 9.62 Å². The van der Waals surface area contributed by atoms with Crippen LogP contribution in [0.25, 0.3) is 0 Å². The molecule has 11 heteroatoms. The van der Waals surface area contributed by atoms with Gasteiger partial charge in [0, 0.05) is 29.1 Å². The maximum atomic E-state index is 14.6. The highest BCUT2D eigenvalue weighted by atomic mass is 35.5. The molecule has 246 valence electrons. The van der Waals surface area contributed by atoms with Crippen molar-refractivity contribution in [3.8, 4) is 0 Å². The third-order valence-corrected chi connectivity index (χ3v) is 10.8. The van der Waals surface area contributed by atoms with Gasteiger partial charge >= 0.3 is 0 Å². The number of hydrogen-bond donors (Lipinski definition) is 1. The Labute approximate surface area is 291 Å². The number of anilines is 1. The number of carbonyl (C=O) groups is 2. The summed E-state index contributed by atoms with van der Waals surface area (Å²) >= 11 is 19.1. The summed E-state index contributed by atoms with van der Waals surface area (Å²) in [5.41, 5.74) is 1.63. The summed E-state index contributed by atoms with van der Waals surface area (Å²) < 4.78 is 29.3. The van der Waals surface area contributed by atoms with E-state index in [1.54, 1.807) is 36.4 Å². The summed E-state index contributed by atoms with van der Waals surface area (Å²) in [6.07, 6.45) is 5.12. The van der Waals surface area contributed by atoms with Crippen LogP contribution >= 0.6 is 34.8 Å². The number of rotatable bonds is 12. The lowest BCUT2D eigenvalue weighted by Crippen LogP contribution is -2.55. The fourth-order valence-electron chi connectivity index (χ4n) is 5.85. The lowest BCUT2D eigenvalue weighted by molar-refractivity contribution is -0.140. The van der Waals surface area contributed by atoms with E-state index < -0.39 is 28.5 Å². The van der Waals surface area contributed by atoms with Gasteiger partial charge in [-0.1, -0.05) is 115 Å². The van der Waals surface area contributed by atoms with Crippen molar-refractivity contribution in [3.63, 3.8) is 0 Å². The average Bonchev–Trinajstić information content (AvgIpc) is 3.07. The molecule has 0 aromatic heterocycles. The molecule has 1 atom stereocenters. The zero-order valence-electron chi connectivity index (χ0n) is 25.7. The van der Waals surface area contributed by atoms with E-state index in [9.17, 15) is 18.0 Å². The molecule has 4 aromatic rings. The van der Waals surface area contributed by atoms with Crippen LogP contribution in [-0.4, -0.2) is 43.8 Å². The lowest BCUT2D eigenvalue weighted by Gasteiger charge is -2.35. The van der Waals surface area contributed by atoms with Gasteiger partial charge in [0.1, 0.15) is 12.6 Å². The molecule has 0 aliphatic heterocycles. The van der Waals surface area contributed by atoms with Crippen molar-refractivity contribution in [2.24, 2.45) is 0 Å². The highest BCUT2D eigenvalue weighted by Gasteiger charge is 2.36. The van der Waals surface area contributed by atoms with E-state index in [1.807, 2.05) is 36.4 Å². The molecule has 0 saturated heterocycles. The fraction of sp³-hybridized carbons (Fsp3) is 0.278. The monoisotopic (exact) mass is 711 g/mol. The minimum atomic E-state index is -4.29. The van der Waals surface area contributed by atoms with Gasteiger partial charge in [0.2, 0.25) is 11.8 Å². The van der Waals surface area contributed by atoms with Crippen molar-refractivity contribution in [3.05, 3.63) is 129 Å². The predicted octanol–water partition coefficient (Wildman–Crippen LogP) is 7.93. The first-order valence-electron chi connectivity index (χ1n) is 15.5. The number of benzene rings is 4. The van der Waals surface area contributed by atoms with Crippen molar-refractivity contribution < 1.29 is 18.0 Å². The van der Waals surface area contributed by atoms with Crippen molar-refractivity contribution in [2.45, 2.75) is 62.0 Å². The van der Waals surface area contributed by atoms with Crippen LogP contribution in [0.15, 0.2) is 108 Å². The topological polar surface area (TPSA) is 86.8 Å². The molecular weight excluding hydrogens is 677 g/mol. The summed E-state index contributed by atoms with van der Waals surface area (Å²) in [5.74, 6) is -0.881. The number of sulfonamides is 1. The Morgan fingerprint density at radius 1 is 0.766 bits per heavy atom. The van der Waals surface area contributed by atoms with Gasteiger partial charge in [-0.3, -0.25) is 13.9 Å². The van der Waals surface area contributed by atoms with E-state index in [-0.39, 0.29) is 40.5 Å². The number of nitrogens with zero attached hydrogens (tertiary/aromatic N) is 2. The molecule has 1 saturated carbocycles. The number of nitrogens with one attached hydrogen (secondary N) is 1.